The third kappa shape index (κ3) is 7.22. The van der Waals surface area contributed by atoms with Gasteiger partial charge in [0.15, 0.2) is 11.6 Å². The summed E-state index contributed by atoms with van der Waals surface area (Å²) in [6.07, 6.45) is 3.01. The zero-order valence-corrected chi connectivity index (χ0v) is 32.1. The topological polar surface area (TPSA) is 194 Å². The van der Waals surface area contributed by atoms with E-state index in [4.69, 9.17) is 9.72 Å². The molecule has 0 aliphatic carbocycles. The number of anilines is 6. The van der Waals surface area contributed by atoms with Crippen molar-refractivity contribution in [3.63, 3.8) is 0 Å². The van der Waals surface area contributed by atoms with Crippen LogP contribution >= 0.6 is 0 Å². The number of benzene rings is 4. The molecule has 4 heterocycles. The number of hydrogen-bond donors (Lipinski definition) is 5. The summed E-state index contributed by atoms with van der Waals surface area (Å²) in [4.78, 5) is 54.2. The second kappa shape index (κ2) is 15.6. The van der Waals surface area contributed by atoms with E-state index in [1.165, 1.54) is 22.8 Å². The van der Waals surface area contributed by atoms with Gasteiger partial charge in [-0.2, -0.15) is 10.1 Å². The average molecular weight is 783 g/mol. The van der Waals surface area contributed by atoms with Crippen LogP contribution in [0, 0.1) is 5.92 Å². The highest BCUT2D eigenvalue weighted by molar-refractivity contribution is 6.13. The summed E-state index contributed by atoms with van der Waals surface area (Å²) in [5.41, 5.74) is 4.78. The molecule has 6 aromatic rings. The molecule has 2 aromatic heterocycles. The molecular weight excluding hydrogens is 741 g/mol. The first-order valence-corrected chi connectivity index (χ1v) is 18.9. The van der Waals surface area contributed by atoms with Crippen LogP contribution in [0.25, 0.3) is 17.1 Å². The molecule has 16 nitrogen and oxygen atoms in total. The number of piperidine rings is 1. The highest BCUT2D eigenvalue weighted by Crippen LogP contribution is 2.39. The maximum absolute atomic E-state index is 13.3. The molecular formula is C42H42N10O6. The molecule has 2 aliphatic rings. The van der Waals surface area contributed by atoms with Gasteiger partial charge in [0.25, 0.3) is 5.91 Å². The van der Waals surface area contributed by atoms with E-state index in [1.807, 2.05) is 67.4 Å². The van der Waals surface area contributed by atoms with Crippen molar-refractivity contribution >= 4 is 46.3 Å². The number of amides is 2. The second-order valence-corrected chi connectivity index (χ2v) is 14.1. The summed E-state index contributed by atoms with van der Waals surface area (Å²) >= 11 is 0. The van der Waals surface area contributed by atoms with Crippen LogP contribution in [-0.2, 0) is 11.3 Å². The minimum absolute atomic E-state index is 0.0140. The Morgan fingerprint density at radius 1 is 0.897 bits per heavy atom. The normalized spacial score (nSPS) is 14.1. The first kappa shape index (κ1) is 37.6. The SMILES string of the molecule is CCOc1cc(N2CCC(C(=O)NCc3ccc(-n4c(-c5ccc(O)cc5O)n[nH]c4=O)cc3)CC2)ccc1Nc1ncc2c(n1)N(C)c1ccccc1C(=O)N2C. The number of nitrogens with zero attached hydrogens (tertiary/aromatic N) is 7. The van der Waals surface area contributed by atoms with E-state index in [9.17, 15) is 24.6 Å². The number of fused-ring (bicyclic) bond motifs is 2. The number of para-hydroxylation sites is 1. The molecule has 296 valence electrons. The summed E-state index contributed by atoms with van der Waals surface area (Å²) in [5.74, 6) is 1.17. The number of H-pyrrole nitrogens is 1. The molecule has 2 aliphatic heterocycles. The van der Waals surface area contributed by atoms with Crippen LogP contribution in [0.1, 0.15) is 35.7 Å². The van der Waals surface area contributed by atoms with Crippen LogP contribution in [0.2, 0.25) is 0 Å². The lowest BCUT2D eigenvalue weighted by Gasteiger charge is -2.33. The molecule has 5 N–H and O–H groups in total. The monoisotopic (exact) mass is 782 g/mol. The Kier molecular flexibility index (Phi) is 10.1. The van der Waals surface area contributed by atoms with Gasteiger partial charge in [0.2, 0.25) is 11.9 Å². The molecule has 2 amide bonds. The fourth-order valence-corrected chi connectivity index (χ4v) is 7.39. The smallest absolute Gasteiger partial charge is 0.348 e. The zero-order chi connectivity index (χ0) is 40.5. The number of ether oxygens (including phenoxy) is 1. The maximum atomic E-state index is 13.3. The van der Waals surface area contributed by atoms with Crippen LogP contribution in [0.4, 0.5) is 34.5 Å². The maximum Gasteiger partial charge on any atom is 0.348 e. The molecule has 16 heteroatoms. The highest BCUT2D eigenvalue weighted by atomic mass is 16.5. The van der Waals surface area contributed by atoms with E-state index in [2.05, 4.69) is 30.7 Å². The number of hydrogen-bond acceptors (Lipinski definition) is 12. The van der Waals surface area contributed by atoms with E-state index >= 15 is 0 Å². The van der Waals surface area contributed by atoms with Crippen molar-refractivity contribution in [2.45, 2.75) is 26.3 Å². The van der Waals surface area contributed by atoms with Gasteiger partial charge in [-0.05, 0) is 73.9 Å². The van der Waals surface area contributed by atoms with E-state index in [1.54, 1.807) is 36.3 Å². The van der Waals surface area contributed by atoms with Crippen molar-refractivity contribution in [3.8, 4) is 34.3 Å². The third-order valence-corrected chi connectivity index (χ3v) is 10.5. The van der Waals surface area contributed by atoms with Crippen LogP contribution in [-0.4, -0.2) is 80.6 Å². The van der Waals surface area contributed by atoms with Gasteiger partial charge >= 0.3 is 5.69 Å². The van der Waals surface area contributed by atoms with Gasteiger partial charge in [0.1, 0.15) is 22.9 Å². The van der Waals surface area contributed by atoms with Crippen LogP contribution in [0.5, 0.6) is 17.2 Å². The van der Waals surface area contributed by atoms with Gasteiger partial charge in [-0.15, -0.1) is 0 Å². The lowest BCUT2D eigenvalue weighted by Crippen LogP contribution is -2.40. The Morgan fingerprint density at radius 2 is 1.66 bits per heavy atom. The largest absolute Gasteiger partial charge is 0.508 e. The Labute approximate surface area is 333 Å². The highest BCUT2D eigenvalue weighted by Gasteiger charge is 2.29. The predicted molar refractivity (Wildman–Crippen MR) is 220 cm³/mol. The van der Waals surface area contributed by atoms with Crippen molar-refractivity contribution in [1.82, 2.24) is 30.0 Å². The lowest BCUT2D eigenvalue weighted by atomic mass is 9.95. The summed E-state index contributed by atoms with van der Waals surface area (Å²) < 4.78 is 7.39. The van der Waals surface area contributed by atoms with E-state index in [0.29, 0.717) is 79.2 Å². The molecule has 58 heavy (non-hydrogen) atoms. The van der Waals surface area contributed by atoms with Gasteiger partial charge in [-0.25, -0.2) is 19.4 Å². The standard InChI is InChI=1S/C42H42N10O6/c1-4-58-36-21-28(13-16-32(36)45-41-44-24-34-38(46-41)49(2)33-8-6-5-7-30(33)40(56)50(34)3)51-19-17-26(18-20-51)39(55)43-23-25-9-11-27(12-10-25)52-37(47-48-42(52)57)31-15-14-29(53)22-35(31)54/h5-16,21-22,24,26,53-54H,4,17-20,23H2,1-3H3,(H,43,55)(H,48,57)(H,44,45,46). The lowest BCUT2D eigenvalue weighted by molar-refractivity contribution is -0.125. The van der Waals surface area contributed by atoms with Gasteiger partial charge in [0.05, 0.1) is 41.0 Å². The fourth-order valence-electron chi connectivity index (χ4n) is 7.39. The summed E-state index contributed by atoms with van der Waals surface area (Å²) in [7, 11) is 3.60. The molecule has 1 fully saturated rings. The number of aromatic amines is 1. The Hall–Kier alpha value is -7.36. The second-order valence-electron chi connectivity index (χ2n) is 14.1. The van der Waals surface area contributed by atoms with Crippen LogP contribution < -0.4 is 35.8 Å². The number of carbonyl (C=O) groups is 2. The average Bonchev–Trinajstić information content (AvgIpc) is 3.60. The molecule has 0 unspecified atom stereocenters. The Balaban J connectivity index is 0.888. The molecule has 0 saturated carbocycles. The van der Waals surface area contributed by atoms with Gasteiger partial charge in [0, 0.05) is 57.5 Å². The van der Waals surface area contributed by atoms with Gasteiger partial charge in [-0.3, -0.25) is 9.59 Å². The fraction of sp³-hybridized carbons (Fsp3) is 0.238. The summed E-state index contributed by atoms with van der Waals surface area (Å²) in [6, 6.07) is 24.6. The first-order valence-electron chi connectivity index (χ1n) is 18.9. The molecule has 8 rings (SSSR count). The Morgan fingerprint density at radius 3 is 2.41 bits per heavy atom. The molecule has 0 spiro atoms. The van der Waals surface area contributed by atoms with E-state index in [0.717, 1.165) is 16.9 Å². The minimum Gasteiger partial charge on any atom is -0.508 e. The third-order valence-electron chi connectivity index (χ3n) is 10.5. The number of rotatable bonds is 10. The number of aromatic nitrogens is 5. The molecule has 0 bridgehead atoms. The van der Waals surface area contributed by atoms with E-state index < -0.39 is 5.69 Å². The molecule has 0 radical (unpaired) electrons. The van der Waals surface area contributed by atoms with Crippen LogP contribution in [0.3, 0.4) is 0 Å². The summed E-state index contributed by atoms with van der Waals surface area (Å²) in [5, 5.41) is 32.9. The number of phenolic OH excluding ortho intramolecular Hbond substituents is 2. The van der Waals surface area contributed by atoms with Crippen LogP contribution in [0.15, 0.2) is 95.9 Å². The number of nitrogens with one attached hydrogen (secondary N) is 3. The number of carbonyl (C=O) groups excluding carboxylic acids is 2. The summed E-state index contributed by atoms with van der Waals surface area (Å²) in [6.45, 7) is 4.09. The van der Waals surface area contributed by atoms with Gasteiger partial charge in [-0.1, -0.05) is 24.3 Å². The quantitative estimate of drug-likeness (QED) is 0.118. The van der Waals surface area contributed by atoms with Crippen molar-refractivity contribution in [1.29, 1.82) is 0 Å². The minimum atomic E-state index is -0.485. The first-order chi connectivity index (χ1) is 28.1. The molecule has 1 saturated heterocycles. The molecule has 0 atom stereocenters. The van der Waals surface area contributed by atoms with Crippen molar-refractivity contribution in [2.24, 2.45) is 5.92 Å². The van der Waals surface area contributed by atoms with Gasteiger partial charge < -0.3 is 40.3 Å². The van der Waals surface area contributed by atoms with Crippen molar-refractivity contribution in [3.05, 3.63) is 113 Å². The van der Waals surface area contributed by atoms with Crippen molar-refractivity contribution in [2.75, 3.05) is 53.8 Å². The number of phenols is 2. The zero-order valence-electron chi connectivity index (χ0n) is 32.1. The van der Waals surface area contributed by atoms with E-state index in [-0.39, 0.29) is 40.6 Å². The Bertz CT molecular complexity index is 2560. The van der Waals surface area contributed by atoms with Crippen molar-refractivity contribution < 1.29 is 24.5 Å². The molecule has 4 aromatic carbocycles. The predicted octanol–water partition coefficient (Wildman–Crippen LogP) is 5.46. The number of aromatic hydroxyl groups is 2.